The van der Waals surface area contributed by atoms with E-state index in [1.54, 1.807) is 0 Å². The van der Waals surface area contributed by atoms with Crippen LogP contribution in [0.5, 0.6) is 0 Å². The fraction of sp³-hybridized carbons (Fsp3) is 0.900. The smallest absolute Gasteiger partial charge is 0.234 e. The highest BCUT2D eigenvalue weighted by atomic mass is 16.3. The molecule has 0 radical (unpaired) electrons. The molecular formula is C10H22N2O3. The topological polar surface area (TPSA) is 81.6 Å². The largest absolute Gasteiger partial charge is 0.393 e. The maximum Gasteiger partial charge on any atom is 0.234 e. The second-order valence-electron chi connectivity index (χ2n) is 4.12. The summed E-state index contributed by atoms with van der Waals surface area (Å²) in [7, 11) is 0. The summed E-state index contributed by atoms with van der Waals surface area (Å²) in [6.07, 6.45) is 0.960. The molecule has 0 aromatic heterocycles. The van der Waals surface area contributed by atoms with Crippen molar-refractivity contribution in [2.75, 3.05) is 19.7 Å². The number of rotatable bonds is 7. The lowest BCUT2D eigenvalue weighted by molar-refractivity contribution is -0.121. The van der Waals surface area contributed by atoms with Crippen LogP contribution in [0, 0.1) is 0 Å². The molecule has 0 saturated heterocycles. The van der Waals surface area contributed by atoms with Crippen molar-refractivity contribution in [1.82, 2.24) is 10.6 Å². The van der Waals surface area contributed by atoms with Crippen LogP contribution in [0.1, 0.15) is 27.2 Å². The van der Waals surface area contributed by atoms with E-state index >= 15 is 0 Å². The monoisotopic (exact) mass is 218 g/mol. The van der Waals surface area contributed by atoms with Crippen LogP contribution >= 0.6 is 0 Å². The zero-order valence-corrected chi connectivity index (χ0v) is 9.71. The number of aliphatic hydroxyl groups is 2. The third kappa shape index (κ3) is 7.30. The van der Waals surface area contributed by atoms with E-state index in [1.165, 1.54) is 6.92 Å². The van der Waals surface area contributed by atoms with Gasteiger partial charge in [-0.2, -0.15) is 0 Å². The van der Waals surface area contributed by atoms with Crippen LogP contribution in [0.15, 0.2) is 0 Å². The standard InChI is InChI=1S/C10H22N2O3/c1-4-8(2)11-5-9(14)12-6-10(3,15)7-13/h8,11,13,15H,4-7H2,1-3H3,(H,12,14). The van der Waals surface area contributed by atoms with Crippen molar-refractivity contribution in [3.8, 4) is 0 Å². The number of nitrogens with one attached hydrogen (secondary N) is 2. The van der Waals surface area contributed by atoms with Crippen molar-refractivity contribution < 1.29 is 15.0 Å². The highest BCUT2D eigenvalue weighted by molar-refractivity contribution is 5.78. The molecule has 2 atom stereocenters. The van der Waals surface area contributed by atoms with Crippen molar-refractivity contribution in [3.05, 3.63) is 0 Å². The summed E-state index contributed by atoms with van der Waals surface area (Å²) < 4.78 is 0. The van der Waals surface area contributed by atoms with Gasteiger partial charge in [0.25, 0.3) is 0 Å². The van der Waals surface area contributed by atoms with Gasteiger partial charge in [-0.05, 0) is 20.3 Å². The number of amides is 1. The van der Waals surface area contributed by atoms with E-state index in [4.69, 9.17) is 5.11 Å². The zero-order chi connectivity index (χ0) is 11.9. The predicted molar refractivity (Wildman–Crippen MR) is 58.5 cm³/mol. The number of aliphatic hydroxyl groups excluding tert-OH is 1. The first kappa shape index (κ1) is 14.3. The second kappa shape index (κ2) is 6.76. The Hall–Kier alpha value is -0.650. The van der Waals surface area contributed by atoms with E-state index in [0.717, 1.165) is 6.42 Å². The number of hydrogen-bond donors (Lipinski definition) is 4. The Morgan fingerprint density at radius 2 is 2.13 bits per heavy atom. The predicted octanol–water partition coefficient (Wildman–Crippen LogP) is -0.766. The van der Waals surface area contributed by atoms with E-state index < -0.39 is 5.60 Å². The lowest BCUT2D eigenvalue weighted by atomic mass is 10.1. The average Bonchev–Trinajstić information content (AvgIpc) is 2.23. The van der Waals surface area contributed by atoms with Crippen molar-refractivity contribution in [1.29, 1.82) is 0 Å². The van der Waals surface area contributed by atoms with Gasteiger partial charge in [-0.15, -0.1) is 0 Å². The summed E-state index contributed by atoms with van der Waals surface area (Å²) in [5.41, 5.74) is -1.24. The molecule has 0 bridgehead atoms. The van der Waals surface area contributed by atoms with Gasteiger partial charge in [-0.1, -0.05) is 6.92 Å². The van der Waals surface area contributed by atoms with Crippen molar-refractivity contribution >= 4 is 5.91 Å². The van der Waals surface area contributed by atoms with E-state index in [1.807, 2.05) is 13.8 Å². The average molecular weight is 218 g/mol. The molecule has 0 spiro atoms. The molecule has 2 unspecified atom stereocenters. The van der Waals surface area contributed by atoms with Gasteiger partial charge in [-0.25, -0.2) is 0 Å². The van der Waals surface area contributed by atoms with Crippen LogP contribution in [0.3, 0.4) is 0 Å². The van der Waals surface area contributed by atoms with Crippen LogP contribution in [0.4, 0.5) is 0 Å². The number of carbonyl (C=O) groups is 1. The third-order valence-corrected chi connectivity index (χ3v) is 2.23. The van der Waals surface area contributed by atoms with Crippen LogP contribution in [-0.4, -0.2) is 47.5 Å². The lowest BCUT2D eigenvalue weighted by Crippen LogP contribution is -2.46. The van der Waals surface area contributed by atoms with Crippen LogP contribution in [-0.2, 0) is 4.79 Å². The fourth-order valence-corrected chi connectivity index (χ4v) is 0.819. The number of hydrogen-bond acceptors (Lipinski definition) is 4. The molecule has 5 heteroatoms. The molecule has 4 N–H and O–H groups in total. The van der Waals surface area contributed by atoms with Gasteiger partial charge in [-0.3, -0.25) is 4.79 Å². The zero-order valence-electron chi connectivity index (χ0n) is 9.71. The Bertz CT molecular complexity index is 195. The van der Waals surface area contributed by atoms with Gasteiger partial charge in [0.15, 0.2) is 0 Å². The Balaban J connectivity index is 3.67. The molecule has 0 fully saturated rings. The van der Waals surface area contributed by atoms with Gasteiger partial charge >= 0.3 is 0 Å². The Kier molecular flexibility index (Phi) is 6.47. The van der Waals surface area contributed by atoms with Crippen molar-refractivity contribution in [2.24, 2.45) is 0 Å². The molecule has 0 aromatic rings. The second-order valence-corrected chi connectivity index (χ2v) is 4.12. The molecule has 0 saturated carbocycles. The molecule has 15 heavy (non-hydrogen) atoms. The minimum absolute atomic E-state index is 0.0600. The molecule has 0 aromatic carbocycles. The number of carbonyl (C=O) groups excluding carboxylic acids is 1. The molecule has 5 nitrogen and oxygen atoms in total. The fourth-order valence-electron chi connectivity index (χ4n) is 0.819. The van der Waals surface area contributed by atoms with Crippen LogP contribution in [0.2, 0.25) is 0 Å². The molecule has 0 heterocycles. The Morgan fingerprint density at radius 3 is 2.60 bits per heavy atom. The third-order valence-electron chi connectivity index (χ3n) is 2.23. The summed E-state index contributed by atoms with van der Waals surface area (Å²) >= 11 is 0. The first-order valence-electron chi connectivity index (χ1n) is 5.24. The summed E-state index contributed by atoms with van der Waals surface area (Å²) in [6.45, 7) is 5.42. The Morgan fingerprint density at radius 1 is 1.53 bits per heavy atom. The van der Waals surface area contributed by atoms with Gasteiger partial charge < -0.3 is 20.8 Å². The maximum atomic E-state index is 11.3. The van der Waals surface area contributed by atoms with Gasteiger partial charge in [0.1, 0.15) is 5.60 Å². The first-order chi connectivity index (χ1) is 6.91. The van der Waals surface area contributed by atoms with Crippen LogP contribution < -0.4 is 10.6 Å². The van der Waals surface area contributed by atoms with E-state index in [0.29, 0.717) is 6.04 Å². The van der Waals surface area contributed by atoms with Gasteiger partial charge in [0, 0.05) is 12.6 Å². The quantitative estimate of drug-likeness (QED) is 0.452. The highest BCUT2D eigenvalue weighted by Gasteiger charge is 2.19. The highest BCUT2D eigenvalue weighted by Crippen LogP contribution is 1.97. The summed E-state index contributed by atoms with van der Waals surface area (Å²) in [6, 6.07) is 0.300. The summed E-state index contributed by atoms with van der Waals surface area (Å²) in [5, 5.41) is 23.7. The normalized spacial score (nSPS) is 16.9. The molecule has 0 aliphatic carbocycles. The Labute approximate surface area is 90.9 Å². The minimum Gasteiger partial charge on any atom is -0.393 e. The molecule has 0 aliphatic heterocycles. The first-order valence-corrected chi connectivity index (χ1v) is 5.24. The SMILES string of the molecule is CCC(C)NCC(=O)NCC(C)(O)CO. The molecular weight excluding hydrogens is 196 g/mol. The molecule has 1 amide bonds. The van der Waals surface area contributed by atoms with Crippen LogP contribution in [0.25, 0.3) is 0 Å². The van der Waals surface area contributed by atoms with Crippen molar-refractivity contribution in [2.45, 2.75) is 38.8 Å². The van der Waals surface area contributed by atoms with E-state index in [9.17, 15) is 9.90 Å². The van der Waals surface area contributed by atoms with E-state index in [2.05, 4.69) is 10.6 Å². The lowest BCUT2D eigenvalue weighted by Gasteiger charge is -2.21. The van der Waals surface area contributed by atoms with E-state index in [-0.39, 0.29) is 25.6 Å². The van der Waals surface area contributed by atoms with Gasteiger partial charge in [0.05, 0.1) is 13.2 Å². The summed E-state index contributed by atoms with van der Waals surface area (Å²) in [4.78, 5) is 11.3. The minimum atomic E-state index is -1.24. The van der Waals surface area contributed by atoms with Gasteiger partial charge in [0.2, 0.25) is 5.91 Å². The molecule has 90 valence electrons. The molecule has 0 rings (SSSR count). The maximum absolute atomic E-state index is 11.3. The summed E-state index contributed by atoms with van der Waals surface area (Å²) in [5.74, 6) is -0.177. The van der Waals surface area contributed by atoms with Crippen molar-refractivity contribution in [3.63, 3.8) is 0 Å². The molecule has 0 aliphatic rings.